The molecule has 2 aromatic heterocycles. The fourth-order valence-corrected chi connectivity index (χ4v) is 3.75. The summed E-state index contributed by atoms with van der Waals surface area (Å²) >= 11 is 0. The second kappa shape index (κ2) is 8.43. The number of nitrogens with one attached hydrogen (secondary N) is 1. The molecule has 4 rings (SSSR count). The molecule has 1 atom stereocenters. The molecule has 1 amide bonds. The molecule has 3 aromatic rings. The lowest BCUT2D eigenvalue weighted by Gasteiger charge is -2.24. The van der Waals surface area contributed by atoms with Crippen molar-refractivity contribution in [2.24, 2.45) is 0 Å². The Morgan fingerprint density at radius 2 is 1.97 bits per heavy atom. The number of anilines is 1. The molecule has 150 valence electrons. The number of para-hydroxylation sites is 1. The maximum absolute atomic E-state index is 13.2. The summed E-state index contributed by atoms with van der Waals surface area (Å²) in [5, 5.41) is 7.91. The first-order valence-corrected chi connectivity index (χ1v) is 10.2. The van der Waals surface area contributed by atoms with Crippen molar-refractivity contribution >= 4 is 11.7 Å². The largest absolute Gasteiger partial charge is 0.368 e. The van der Waals surface area contributed by atoms with Crippen molar-refractivity contribution in [2.75, 3.05) is 18.4 Å². The van der Waals surface area contributed by atoms with E-state index in [0.29, 0.717) is 13.0 Å². The van der Waals surface area contributed by atoms with Crippen LogP contribution in [0.5, 0.6) is 0 Å². The number of benzene rings is 1. The van der Waals surface area contributed by atoms with Crippen molar-refractivity contribution in [1.82, 2.24) is 24.6 Å². The summed E-state index contributed by atoms with van der Waals surface area (Å²) in [6, 6.07) is 15.8. The lowest BCUT2D eigenvalue weighted by molar-refractivity contribution is 0.0731. The Morgan fingerprint density at radius 1 is 1.14 bits per heavy atom. The van der Waals surface area contributed by atoms with Crippen LogP contribution in [-0.2, 0) is 6.42 Å². The summed E-state index contributed by atoms with van der Waals surface area (Å²) in [5.41, 5.74) is 1.89. The highest BCUT2D eigenvalue weighted by Gasteiger charge is 2.32. The van der Waals surface area contributed by atoms with Crippen LogP contribution in [0.15, 0.2) is 48.5 Å². The molecule has 7 heteroatoms. The number of hydrogen-bond donors (Lipinski definition) is 1. The normalized spacial score (nSPS) is 16.2. The van der Waals surface area contributed by atoms with Crippen molar-refractivity contribution in [1.29, 1.82) is 0 Å². The van der Waals surface area contributed by atoms with Crippen LogP contribution in [0, 0.1) is 6.92 Å². The molecule has 29 heavy (non-hydrogen) atoms. The third-order valence-electron chi connectivity index (χ3n) is 5.23. The molecule has 1 aromatic carbocycles. The fourth-order valence-electron chi connectivity index (χ4n) is 3.75. The fraction of sp³-hybridized carbons (Fsp3) is 0.364. The van der Waals surface area contributed by atoms with Gasteiger partial charge in [-0.05, 0) is 44.0 Å². The zero-order valence-corrected chi connectivity index (χ0v) is 16.9. The highest BCUT2D eigenvalue weighted by atomic mass is 16.2. The van der Waals surface area contributed by atoms with Crippen LogP contribution in [0.4, 0.5) is 5.82 Å². The van der Waals surface area contributed by atoms with Gasteiger partial charge in [0.1, 0.15) is 11.6 Å². The van der Waals surface area contributed by atoms with E-state index in [1.54, 1.807) is 4.68 Å². The van der Waals surface area contributed by atoms with Crippen molar-refractivity contribution in [3.8, 4) is 5.69 Å². The van der Waals surface area contributed by atoms with Gasteiger partial charge in [0.2, 0.25) is 5.82 Å². The first kappa shape index (κ1) is 19.1. The number of aryl methyl sites for hydroxylation is 2. The van der Waals surface area contributed by atoms with E-state index in [1.165, 1.54) is 0 Å². The number of likely N-dealkylation sites (tertiary alicyclic amines) is 1. The van der Waals surface area contributed by atoms with Gasteiger partial charge in [-0.25, -0.2) is 14.6 Å². The first-order valence-electron chi connectivity index (χ1n) is 10.2. The summed E-state index contributed by atoms with van der Waals surface area (Å²) in [6.45, 7) is 5.39. The zero-order valence-electron chi connectivity index (χ0n) is 16.9. The minimum Gasteiger partial charge on any atom is -0.368 e. The monoisotopic (exact) mass is 390 g/mol. The quantitative estimate of drug-likeness (QED) is 0.699. The summed E-state index contributed by atoms with van der Waals surface area (Å²) in [7, 11) is 0. The Morgan fingerprint density at radius 3 is 2.72 bits per heavy atom. The molecule has 0 radical (unpaired) electrons. The smallest absolute Gasteiger partial charge is 0.293 e. The average molecular weight is 390 g/mol. The molecule has 1 aliphatic rings. The number of rotatable bonds is 6. The predicted molar refractivity (Wildman–Crippen MR) is 112 cm³/mol. The Labute approximate surface area is 170 Å². The van der Waals surface area contributed by atoms with Gasteiger partial charge in [-0.15, -0.1) is 5.10 Å². The lowest BCUT2D eigenvalue weighted by atomic mass is 10.2. The van der Waals surface area contributed by atoms with Gasteiger partial charge >= 0.3 is 0 Å². The third kappa shape index (κ3) is 4.13. The molecule has 0 aliphatic carbocycles. The second-order valence-electron chi connectivity index (χ2n) is 7.29. The number of amides is 1. The van der Waals surface area contributed by atoms with E-state index in [0.717, 1.165) is 42.4 Å². The Hall–Kier alpha value is -3.22. The molecule has 0 spiro atoms. The number of pyridine rings is 1. The van der Waals surface area contributed by atoms with Gasteiger partial charge in [0.05, 0.1) is 5.69 Å². The van der Waals surface area contributed by atoms with E-state index in [4.69, 9.17) is 0 Å². The maximum Gasteiger partial charge on any atom is 0.293 e. The summed E-state index contributed by atoms with van der Waals surface area (Å²) in [6.07, 6.45) is 2.66. The van der Waals surface area contributed by atoms with Crippen molar-refractivity contribution < 1.29 is 4.79 Å². The van der Waals surface area contributed by atoms with Crippen LogP contribution in [0.25, 0.3) is 5.69 Å². The van der Waals surface area contributed by atoms with Gasteiger partial charge < -0.3 is 10.2 Å². The first-order chi connectivity index (χ1) is 14.2. The Kier molecular flexibility index (Phi) is 5.55. The van der Waals surface area contributed by atoms with Crippen LogP contribution in [0.2, 0.25) is 0 Å². The summed E-state index contributed by atoms with van der Waals surface area (Å²) in [4.78, 5) is 24.1. The number of carbonyl (C=O) groups excluding carboxylic acids is 1. The van der Waals surface area contributed by atoms with Gasteiger partial charge in [0.25, 0.3) is 5.91 Å². The molecule has 1 saturated heterocycles. The standard InChI is InChI=1S/C22H26N6O/c1-3-20-25-21(26-28(20)17-10-5-4-6-11-17)22(29)27-14-8-12-18(27)15-23-19-13-7-9-16(2)24-19/h4-7,9-11,13,18H,3,8,12,14-15H2,1-2H3,(H,23,24). The van der Waals surface area contributed by atoms with E-state index >= 15 is 0 Å². The molecule has 1 N–H and O–H groups in total. The topological polar surface area (TPSA) is 75.9 Å². The molecule has 1 aliphatic heterocycles. The van der Waals surface area contributed by atoms with Crippen molar-refractivity contribution in [3.05, 3.63) is 65.9 Å². The van der Waals surface area contributed by atoms with Gasteiger partial charge in [-0.2, -0.15) is 0 Å². The van der Waals surface area contributed by atoms with Crippen LogP contribution in [-0.4, -0.2) is 49.7 Å². The third-order valence-corrected chi connectivity index (χ3v) is 5.23. The molecule has 0 saturated carbocycles. The Balaban J connectivity index is 1.50. The van der Waals surface area contributed by atoms with Gasteiger partial charge in [-0.1, -0.05) is 31.2 Å². The summed E-state index contributed by atoms with van der Waals surface area (Å²) < 4.78 is 1.77. The Bertz CT molecular complexity index is 984. The van der Waals surface area contributed by atoms with E-state index in [-0.39, 0.29) is 17.8 Å². The molecule has 1 fully saturated rings. The number of nitrogens with zero attached hydrogens (tertiary/aromatic N) is 5. The van der Waals surface area contributed by atoms with Crippen LogP contribution >= 0.6 is 0 Å². The average Bonchev–Trinajstić information content (AvgIpc) is 3.39. The highest BCUT2D eigenvalue weighted by molar-refractivity contribution is 5.91. The lowest BCUT2D eigenvalue weighted by Crippen LogP contribution is -2.40. The zero-order chi connectivity index (χ0) is 20.2. The van der Waals surface area contributed by atoms with E-state index < -0.39 is 0 Å². The van der Waals surface area contributed by atoms with Crippen LogP contribution in [0.1, 0.15) is 41.9 Å². The van der Waals surface area contributed by atoms with Crippen LogP contribution < -0.4 is 5.32 Å². The molecule has 7 nitrogen and oxygen atoms in total. The van der Waals surface area contributed by atoms with E-state index in [9.17, 15) is 4.79 Å². The number of carbonyl (C=O) groups is 1. The predicted octanol–water partition coefficient (Wildman–Crippen LogP) is 3.25. The maximum atomic E-state index is 13.2. The molecule has 1 unspecified atom stereocenters. The van der Waals surface area contributed by atoms with Gasteiger partial charge in [0, 0.05) is 31.2 Å². The minimum absolute atomic E-state index is 0.101. The summed E-state index contributed by atoms with van der Waals surface area (Å²) in [5.74, 6) is 1.79. The van der Waals surface area contributed by atoms with E-state index in [1.807, 2.05) is 67.3 Å². The molecule has 3 heterocycles. The number of aromatic nitrogens is 4. The molecular formula is C22H26N6O. The second-order valence-corrected chi connectivity index (χ2v) is 7.29. The van der Waals surface area contributed by atoms with Crippen LogP contribution in [0.3, 0.4) is 0 Å². The molecular weight excluding hydrogens is 364 g/mol. The van der Waals surface area contributed by atoms with Crippen molar-refractivity contribution in [2.45, 2.75) is 39.2 Å². The SMILES string of the molecule is CCc1nc(C(=O)N2CCCC2CNc2cccc(C)n2)nn1-c1ccccc1. The van der Waals surface area contributed by atoms with Gasteiger partial charge in [-0.3, -0.25) is 4.79 Å². The molecule has 0 bridgehead atoms. The van der Waals surface area contributed by atoms with Crippen molar-refractivity contribution in [3.63, 3.8) is 0 Å². The number of hydrogen-bond acceptors (Lipinski definition) is 5. The highest BCUT2D eigenvalue weighted by Crippen LogP contribution is 2.21. The van der Waals surface area contributed by atoms with E-state index in [2.05, 4.69) is 20.4 Å². The minimum atomic E-state index is -0.101. The van der Waals surface area contributed by atoms with Gasteiger partial charge in [0.15, 0.2) is 0 Å².